The summed E-state index contributed by atoms with van der Waals surface area (Å²) in [5.41, 5.74) is 3.16. The third kappa shape index (κ3) is 23.7. The molecule has 0 aromatic heterocycles. The van der Waals surface area contributed by atoms with Crippen LogP contribution in [0, 0.1) is 5.92 Å². The molecule has 8 aliphatic heterocycles. The van der Waals surface area contributed by atoms with Crippen molar-refractivity contribution in [1.29, 1.82) is 0 Å². The molecule has 133 heavy (non-hydrogen) atoms. The monoisotopic (exact) mass is 1890 g/mol. The van der Waals surface area contributed by atoms with Crippen LogP contribution in [0.3, 0.4) is 0 Å². The number of fused-ring (bicyclic) bond motifs is 14. The highest BCUT2D eigenvalue weighted by Crippen LogP contribution is 2.51. The van der Waals surface area contributed by atoms with Gasteiger partial charge in [0.15, 0.2) is 23.0 Å². The average molecular weight is 1890 g/mol. The Labute approximate surface area is 774 Å². The van der Waals surface area contributed by atoms with Crippen LogP contribution in [-0.2, 0) is 54.3 Å². The number of hydrogen-bond acceptors (Lipinski definition) is 31. The van der Waals surface area contributed by atoms with Crippen molar-refractivity contribution in [2.75, 3.05) is 59.5 Å². The molecule has 39 nitrogen and oxygen atoms in total. The molecule has 2 saturated heterocycles. The van der Waals surface area contributed by atoms with Crippen molar-refractivity contribution in [1.82, 2.24) is 58.5 Å². The molecule has 17 bridgehead atoms. The zero-order valence-corrected chi connectivity index (χ0v) is 74.4. The van der Waals surface area contributed by atoms with Crippen LogP contribution in [0.4, 0.5) is 0 Å². The number of aliphatic hydroxyl groups excluding tert-OH is 8. The molecule has 7 aromatic rings. The van der Waals surface area contributed by atoms with Gasteiger partial charge in [-0.05, 0) is 178 Å². The molecule has 15 rings (SSSR count). The Morgan fingerprint density at radius 3 is 1.82 bits per heavy atom. The maximum Gasteiger partial charge on any atom is 0.248 e. The summed E-state index contributed by atoms with van der Waals surface area (Å²) in [4.78, 5) is 126. The molecule has 25 N–H and O–H groups in total. The number of carbonyl (C=O) groups excluding carboxylic acids is 8. The number of benzene rings is 7. The van der Waals surface area contributed by atoms with E-state index in [4.69, 9.17) is 62.1 Å². The van der Waals surface area contributed by atoms with Gasteiger partial charge in [-0.3, -0.25) is 38.4 Å². The summed E-state index contributed by atoms with van der Waals surface area (Å²) in [6, 6.07) is 6.55. The number of carbonyl (C=O) groups is 8. The van der Waals surface area contributed by atoms with Gasteiger partial charge in [-0.15, -0.1) is 0 Å². The molecule has 0 radical (unpaired) electrons. The SMILES string of the molecule is CN[C@@H]1C(=O)N[C@@H]2Cc3ccc(cc3)Oc3cc4cc(c3O[C@@H]3O[C@H](CO)[C@@H](O)[C@H](O)[C@H]3NC(=O)CCCCCCCCC(C)C)Oc3ccc(cc3Cl)[C@@H](O)[C@@H]3NC(=O)[C@H](NC(=O)[C@@H]4NC(=O)[C@@H](NC2=O)c2cc(cc(O)c2Cl)Oc2cc1ccc2O)c1ccc(O)c(c1)-c1c(O[C@H]2O[C@H](CO)[C@@H](O)[C@H](O)[C@@H]2O)cc(O)cc1[C@H](C(=O)NCCCNCCCNCCCN)NC3=O. The van der Waals surface area contributed by atoms with E-state index < -0.39 is 260 Å². The number of phenolic OH excluding ortho intramolecular Hbond substituents is 4. The second-order valence-corrected chi connectivity index (χ2v) is 34.6. The Balaban J connectivity index is 1.01. The number of nitrogens with one attached hydrogen (secondary N) is 11. The number of phenols is 4. The quantitative estimate of drug-likeness (QED) is 0.0299. The van der Waals surface area contributed by atoms with E-state index >= 15 is 28.8 Å². The minimum absolute atomic E-state index is 0.0789. The minimum Gasteiger partial charge on any atom is -0.508 e. The molecule has 41 heteroatoms. The first kappa shape index (κ1) is 99.0. The predicted octanol–water partition coefficient (Wildman–Crippen LogP) is 3.43. The fourth-order valence-electron chi connectivity index (χ4n) is 16.6. The third-order valence-corrected chi connectivity index (χ3v) is 24.5. The highest BCUT2D eigenvalue weighted by molar-refractivity contribution is 6.33. The lowest BCUT2D eigenvalue weighted by Crippen LogP contribution is -2.65. The lowest BCUT2D eigenvalue weighted by molar-refractivity contribution is -0.277. The molecule has 8 heterocycles. The highest BCUT2D eigenvalue weighted by atomic mass is 35.5. The molecule has 0 saturated carbocycles. The summed E-state index contributed by atoms with van der Waals surface area (Å²) in [5.74, 6) is -14.9. The normalized spacial score (nSPS) is 25.3. The Kier molecular flexibility index (Phi) is 33.5. The van der Waals surface area contributed by atoms with Crippen molar-refractivity contribution in [2.24, 2.45) is 11.7 Å². The molecule has 7 aromatic carbocycles. The van der Waals surface area contributed by atoms with Crippen LogP contribution in [0.15, 0.2) is 115 Å². The second kappa shape index (κ2) is 45.0. The van der Waals surface area contributed by atoms with E-state index in [0.717, 1.165) is 112 Å². The Bertz CT molecular complexity index is 5350. The number of nitrogens with two attached hydrogens (primary N) is 1. The molecule has 18 atom stereocenters. The third-order valence-electron chi connectivity index (χ3n) is 23.8. The Morgan fingerprint density at radius 1 is 0.519 bits per heavy atom. The molecule has 0 spiro atoms. The zero-order chi connectivity index (χ0) is 95.2. The number of amides is 8. The average Bonchev–Trinajstić information content (AvgIpc) is 0.746. The van der Waals surface area contributed by atoms with Gasteiger partial charge < -0.3 is 159 Å². The van der Waals surface area contributed by atoms with Crippen molar-refractivity contribution in [3.8, 4) is 80.1 Å². The van der Waals surface area contributed by atoms with E-state index in [0.29, 0.717) is 50.5 Å². The Morgan fingerprint density at radius 2 is 1.13 bits per heavy atom. The summed E-state index contributed by atoms with van der Waals surface area (Å²) >= 11 is 14.4. The Hall–Kier alpha value is -11.5. The maximum absolute atomic E-state index is 16.9. The molecule has 716 valence electrons. The molecular weight excluding hydrogens is 1780 g/mol. The number of likely N-dealkylation sites (N-methyl/N-ethyl adjacent to an activating group) is 1. The topological polar surface area (TPSA) is 602 Å². The van der Waals surface area contributed by atoms with Gasteiger partial charge >= 0.3 is 0 Å². The summed E-state index contributed by atoms with van der Waals surface area (Å²) in [7, 11) is 1.44. The van der Waals surface area contributed by atoms with E-state index in [1.54, 1.807) is 0 Å². The molecule has 0 aliphatic carbocycles. The molecule has 8 amide bonds. The van der Waals surface area contributed by atoms with Crippen molar-refractivity contribution >= 4 is 70.5 Å². The number of aromatic hydroxyl groups is 4. The first-order valence-electron chi connectivity index (χ1n) is 44.1. The molecule has 8 aliphatic rings. The summed E-state index contributed by atoms with van der Waals surface area (Å²) in [6.45, 7) is 5.12. The summed E-state index contributed by atoms with van der Waals surface area (Å²) in [5, 5.41) is 169. The van der Waals surface area contributed by atoms with Gasteiger partial charge in [0, 0.05) is 48.2 Å². The number of aliphatic hydroxyl groups is 8. The van der Waals surface area contributed by atoms with Crippen molar-refractivity contribution in [2.45, 2.75) is 201 Å². The first-order valence-corrected chi connectivity index (χ1v) is 44.9. The van der Waals surface area contributed by atoms with Gasteiger partial charge in [0.05, 0.1) is 23.3 Å². The van der Waals surface area contributed by atoms with Crippen LogP contribution < -0.4 is 87.9 Å². The predicted molar refractivity (Wildman–Crippen MR) is 477 cm³/mol. The van der Waals surface area contributed by atoms with Gasteiger partial charge in [0.1, 0.15) is 137 Å². The van der Waals surface area contributed by atoms with E-state index in [2.05, 4.69) is 72.3 Å². The van der Waals surface area contributed by atoms with Gasteiger partial charge in [0.25, 0.3) is 0 Å². The second-order valence-electron chi connectivity index (χ2n) is 33.9. The zero-order valence-electron chi connectivity index (χ0n) is 72.9. The van der Waals surface area contributed by atoms with Crippen molar-refractivity contribution in [3.63, 3.8) is 0 Å². The number of halogens is 2. The fourth-order valence-corrected chi connectivity index (χ4v) is 17.0. The summed E-state index contributed by atoms with van der Waals surface area (Å²) in [6.07, 6.45) is -12.5. The van der Waals surface area contributed by atoms with Gasteiger partial charge in [0.2, 0.25) is 65.6 Å². The van der Waals surface area contributed by atoms with Crippen LogP contribution in [-0.4, -0.2) is 241 Å². The summed E-state index contributed by atoms with van der Waals surface area (Å²) < 4.78 is 45.1. The highest BCUT2D eigenvalue weighted by Gasteiger charge is 2.50. The van der Waals surface area contributed by atoms with E-state index in [1.807, 2.05) is 0 Å². The van der Waals surface area contributed by atoms with Crippen molar-refractivity contribution < 1.29 is 133 Å². The molecule has 2 fully saturated rings. The number of ether oxygens (including phenoxy) is 7. The van der Waals surface area contributed by atoms with Crippen LogP contribution >= 0.6 is 23.2 Å². The molecule has 0 unspecified atom stereocenters. The van der Waals surface area contributed by atoms with Crippen molar-refractivity contribution in [3.05, 3.63) is 164 Å². The van der Waals surface area contributed by atoms with Crippen LogP contribution in [0.25, 0.3) is 11.1 Å². The van der Waals surface area contributed by atoms with E-state index in [-0.39, 0.29) is 59.9 Å². The number of hydrogen-bond donors (Lipinski definition) is 24. The smallest absolute Gasteiger partial charge is 0.248 e. The van der Waals surface area contributed by atoms with E-state index in [1.165, 1.54) is 61.6 Å². The number of unbranched alkanes of at least 4 members (excludes halogenated alkanes) is 5. The lowest BCUT2D eigenvalue weighted by atomic mass is 9.89. The molecular formula is C92H112Cl2N12O27. The lowest BCUT2D eigenvalue weighted by Gasteiger charge is -2.42. The standard InChI is InChI=1S/C92H112Cl2N12O27/c1-43(2)13-8-6-4-5-7-9-14-67(113)101-76-80(117)78(115)65(41-107)131-91(76)133-83-63-35-48-36-64(83)129-60-24-19-47(33-55(60)93)77(114)75-90(126)105-73(85(121)99-30-12-29-98-28-11-27-97-26-10-25-95)53-37-49(109)38-62(130-92-82(119)81(118)79(116)66(42-108)132-92)68(53)52-32-45(17-22-57(52)110)71(87(123)106-75)102-88(124)72(48)103-89(125)74-54-39-51(40-59(112)69(54)94)128-61-34-46(18-23-58(61)111)70(96-3)86(122)100-56(84(120)104-74)31-44-15-20-50(127-63)21-16-44/h15-24,32-40,43,56,65-66,70-82,91-92,96-98,107-112,114-119H,4-14,25-31,41-42,95H2,1-3H3,(H,99,121)(H,100,122)(H,101,113)(H,102,124)(H,103,125)(H,104,120)(H,105,126)(H,106,123)/t56-,65-,66-,70+,71-,72-,73-,74+,75+,76-,77-,78-,79-,80-,81+,82+,91+,92+/m1/s1. The fraction of sp³-hybridized carbons (Fsp3) is 0.457. The van der Waals surface area contributed by atoms with Crippen LogP contribution in [0.1, 0.15) is 160 Å². The van der Waals surface area contributed by atoms with Gasteiger partial charge in [-0.1, -0.05) is 106 Å². The first-order chi connectivity index (χ1) is 63.8. The van der Waals surface area contributed by atoms with Gasteiger partial charge in [-0.25, -0.2) is 0 Å². The van der Waals surface area contributed by atoms with Gasteiger partial charge in [-0.2, -0.15) is 0 Å². The maximum atomic E-state index is 16.9. The van der Waals surface area contributed by atoms with Crippen LogP contribution in [0.5, 0.6) is 69.0 Å². The number of rotatable bonds is 29. The van der Waals surface area contributed by atoms with E-state index in [9.17, 15) is 70.9 Å². The minimum atomic E-state index is -2.41. The van der Waals surface area contributed by atoms with Crippen LogP contribution in [0.2, 0.25) is 10.0 Å². The largest absolute Gasteiger partial charge is 0.508 e.